The number of halogens is 1. The van der Waals surface area contributed by atoms with Gasteiger partial charge in [0.05, 0.1) is 11.3 Å². The van der Waals surface area contributed by atoms with E-state index in [0.29, 0.717) is 17.0 Å². The van der Waals surface area contributed by atoms with Gasteiger partial charge in [0.2, 0.25) is 0 Å². The third-order valence-electron chi connectivity index (χ3n) is 3.46. The van der Waals surface area contributed by atoms with Crippen molar-refractivity contribution in [3.63, 3.8) is 0 Å². The van der Waals surface area contributed by atoms with Crippen molar-refractivity contribution in [2.45, 2.75) is 6.92 Å². The van der Waals surface area contributed by atoms with Crippen LogP contribution in [0.15, 0.2) is 48.5 Å². The molecule has 22 heavy (non-hydrogen) atoms. The van der Waals surface area contributed by atoms with Gasteiger partial charge in [-0.25, -0.2) is 9.37 Å². The number of aromatic nitrogens is 1. The van der Waals surface area contributed by atoms with Gasteiger partial charge in [-0.2, -0.15) is 5.26 Å². The Bertz CT molecular complexity index is 941. The van der Waals surface area contributed by atoms with E-state index >= 15 is 0 Å². The van der Waals surface area contributed by atoms with E-state index in [4.69, 9.17) is 5.26 Å². The molecule has 0 N–H and O–H groups in total. The van der Waals surface area contributed by atoms with Crippen molar-refractivity contribution in [1.29, 1.82) is 5.26 Å². The van der Waals surface area contributed by atoms with Crippen molar-refractivity contribution in [2.24, 2.45) is 0 Å². The zero-order chi connectivity index (χ0) is 15.7. The number of nitriles is 1. The van der Waals surface area contributed by atoms with Crippen molar-refractivity contribution in [3.8, 4) is 17.3 Å². The smallest absolute Gasteiger partial charge is 0.178 e. The highest BCUT2D eigenvalue weighted by Crippen LogP contribution is 2.28. The number of hydrogen-bond donors (Lipinski definition) is 0. The quantitative estimate of drug-likeness (QED) is 0.667. The van der Waals surface area contributed by atoms with Crippen molar-refractivity contribution in [3.05, 3.63) is 65.6 Å². The molecule has 4 heteroatoms. The summed E-state index contributed by atoms with van der Waals surface area (Å²) in [6, 6.07) is 15.3. The van der Waals surface area contributed by atoms with Crippen LogP contribution in [0.2, 0.25) is 0 Å². The van der Waals surface area contributed by atoms with Crippen LogP contribution in [0.25, 0.3) is 22.0 Å². The molecule has 0 aliphatic heterocycles. The summed E-state index contributed by atoms with van der Waals surface area (Å²) in [6.07, 6.45) is 0. The molecular formula is C18H11FN2O. The molecule has 1 aromatic heterocycles. The molecule has 0 saturated carbocycles. The van der Waals surface area contributed by atoms with Crippen LogP contribution < -0.4 is 0 Å². The van der Waals surface area contributed by atoms with Crippen molar-refractivity contribution < 1.29 is 9.18 Å². The lowest BCUT2D eigenvalue weighted by Gasteiger charge is -2.09. The average molecular weight is 290 g/mol. The van der Waals surface area contributed by atoms with Crippen molar-refractivity contribution in [2.75, 3.05) is 0 Å². The zero-order valence-electron chi connectivity index (χ0n) is 11.8. The highest BCUT2D eigenvalue weighted by Gasteiger charge is 2.12. The standard InChI is InChI=1S/C18H11FN2O/c1-11(22)17-9-12-4-2-3-5-15(12)18(21-17)13-6-7-14(10-20)16(19)8-13/h2-9H,1H3. The number of ketones is 1. The Morgan fingerprint density at radius 2 is 1.95 bits per heavy atom. The highest BCUT2D eigenvalue weighted by molar-refractivity contribution is 6.01. The molecule has 0 unspecified atom stereocenters. The van der Waals surface area contributed by atoms with E-state index in [9.17, 15) is 9.18 Å². The van der Waals surface area contributed by atoms with Gasteiger partial charge in [0.25, 0.3) is 0 Å². The molecule has 106 valence electrons. The Morgan fingerprint density at radius 1 is 1.18 bits per heavy atom. The van der Waals surface area contributed by atoms with E-state index in [1.165, 1.54) is 19.1 Å². The minimum absolute atomic E-state index is 0.0178. The molecule has 2 aromatic carbocycles. The number of Topliss-reactive ketones (excluding diaryl/α,β-unsaturated/α-hetero) is 1. The lowest BCUT2D eigenvalue weighted by Crippen LogP contribution is -1.99. The summed E-state index contributed by atoms with van der Waals surface area (Å²) >= 11 is 0. The number of fused-ring (bicyclic) bond motifs is 1. The Balaban J connectivity index is 2.32. The predicted molar refractivity (Wildman–Crippen MR) is 81.9 cm³/mol. The van der Waals surface area contributed by atoms with Gasteiger partial charge in [0.15, 0.2) is 5.78 Å². The molecule has 0 aliphatic carbocycles. The lowest BCUT2D eigenvalue weighted by atomic mass is 10.0. The van der Waals surface area contributed by atoms with Gasteiger partial charge in [-0.1, -0.05) is 30.3 Å². The van der Waals surface area contributed by atoms with E-state index in [1.807, 2.05) is 24.3 Å². The van der Waals surface area contributed by atoms with E-state index in [-0.39, 0.29) is 11.3 Å². The molecule has 1 heterocycles. The zero-order valence-corrected chi connectivity index (χ0v) is 11.8. The van der Waals surface area contributed by atoms with Crippen LogP contribution in [-0.4, -0.2) is 10.8 Å². The highest BCUT2D eigenvalue weighted by atomic mass is 19.1. The normalized spacial score (nSPS) is 10.4. The largest absolute Gasteiger partial charge is 0.293 e. The lowest BCUT2D eigenvalue weighted by molar-refractivity contribution is 0.101. The number of carbonyl (C=O) groups excluding carboxylic acids is 1. The maximum absolute atomic E-state index is 13.9. The summed E-state index contributed by atoms with van der Waals surface area (Å²) in [5, 5.41) is 10.5. The second-order valence-corrected chi connectivity index (χ2v) is 4.94. The summed E-state index contributed by atoms with van der Waals surface area (Å²) < 4.78 is 13.9. The fraction of sp³-hybridized carbons (Fsp3) is 0.0556. The van der Waals surface area contributed by atoms with Crippen LogP contribution in [0.1, 0.15) is 23.0 Å². The molecule has 0 radical (unpaired) electrons. The fourth-order valence-electron chi connectivity index (χ4n) is 2.35. The number of benzene rings is 2. The Morgan fingerprint density at radius 3 is 2.64 bits per heavy atom. The topological polar surface area (TPSA) is 53.8 Å². The third kappa shape index (κ3) is 2.33. The van der Waals surface area contributed by atoms with Crippen molar-refractivity contribution >= 4 is 16.6 Å². The number of nitrogens with zero attached hydrogens (tertiary/aromatic N) is 2. The van der Waals surface area contributed by atoms with Crippen LogP contribution in [0.3, 0.4) is 0 Å². The van der Waals surface area contributed by atoms with E-state index in [2.05, 4.69) is 4.98 Å². The van der Waals surface area contributed by atoms with Crippen LogP contribution in [-0.2, 0) is 0 Å². The Hall–Kier alpha value is -3.06. The first-order chi connectivity index (χ1) is 10.6. The van der Waals surface area contributed by atoms with Crippen LogP contribution in [0.4, 0.5) is 4.39 Å². The number of carbonyl (C=O) groups is 1. The van der Waals surface area contributed by atoms with Crippen LogP contribution in [0.5, 0.6) is 0 Å². The van der Waals surface area contributed by atoms with Gasteiger partial charge >= 0.3 is 0 Å². The number of rotatable bonds is 2. The molecule has 0 amide bonds. The van der Waals surface area contributed by atoms with Gasteiger partial charge in [0, 0.05) is 17.9 Å². The van der Waals surface area contributed by atoms with Gasteiger partial charge in [-0.3, -0.25) is 4.79 Å². The fourth-order valence-corrected chi connectivity index (χ4v) is 2.35. The van der Waals surface area contributed by atoms with E-state index < -0.39 is 5.82 Å². The molecule has 3 aromatic rings. The first-order valence-electron chi connectivity index (χ1n) is 6.71. The first kappa shape index (κ1) is 13.9. The van der Waals surface area contributed by atoms with E-state index in [1.54, 1.807) is 18.2 Å². The van der Waals surface area contributed by atoms with Gasteiger partial charge < -0.3 is 0 Å². The molecule has 0 spiro atoms. The monoisotopic (exact) mass is 290 g/mol. The van der Waals surface area contributed by atoms with Crippen LogP contribution >= 0.6 is 0 Å². The molecule has 0 atom stereocenters. The number of hydrogen-bond acceptors (Lipinski definition) is 3. The van der Waals surface area contributed by atoms with Crippen LogP contribution in [0, 0.1) is 17.1 Å². The summed E-state index contributed by atoms with van der Waals surface area (Å²) in [7, 11) is 0. The Kier molecular flexibility index (Phi) is 3.40. The van der Waals surface area contributed by atoms with Crippen molar-refractivity contribution in [1.82, 2.24) is 4.98 Å². The molecular weight excluding hydrogens is 279 g/mol. The SMILES string of the molecule is CC(=O)c1cc2ccccc2c(-c2ccc(C#N)c(F)c2)n1. The second-order valence-electron chi connectivity index (χ2n) is 4.94. The van der Waals surface area contributed by atoms with Gasteiger partial charge in [0.1, 0.15) is 17.6 Å². The summed E-state index contributed by atoms with van der Waals surface area (Å²) in [5.74, 6) is -0.750. The molecule has 0 saturated heterocycles. The third-order valence-corrected chi connectivity index (χ3v) is 3.46. The minimum Gasteiger partial charge on any atom is -0.293 e. The molecule has 3 nitrogen and oxygen atoms in total. The number of pyridine rings is 1. The molecule has 0 aliphatic rings. The van der Waals surface area contributed by atoms with E-state index in [0.717, 1.165) is 10.8 Å². The van der Waals surface area contributed by atoms with Gasteiger partial charge in [-0.05, 0) is 23.6 Å². The predicted octanol–water partition coefficient (Wildman–Crippen LogP) is 4.12. The summed E-state index contributed by atoms with van der Waals surface area (Å²) in [6.45, 7) is 1.44. The molecule has 0 fully saturated rings. The summed E-state index contributed by atoms with van der Waals surface area (Å²) in [5.41, 5.74) is 1.39. The Labute approximate surface area is 126 Å². The summed E-state index contributed by atoms with van der Waals surface area (Å²) in [4.78, 5) is 16.0. The average Bonchev–Trinajstić information content (AvgIpc) is 2.53. The first-order valence-corrected chi connectivity index (χ1v) is 6.71. The second kappa shape index (κ2) is 5.38. The maximum Gasteiger partial charge on any atom is 0.178 e. The minimum atomic E-state index is -0.598. The maximum atomic E-state index is 13.9. The molecule has 3 rings (SSSR count). The van der Waals surface area contributed by atoms with Gasteiger partial charge in [-0.15, -0.1) is 0 Å². The molecule has 0 bridgehead atoms.